The molecule has 0 saturated carbocycles. The minimum Gasteiger partial charge on any atom is -0.295 e. The van der Waals surface area contributed by atoms with E-state index < -0.39 is 0 Å². The summed E-state index contributed by atoms with van der Waals surface area (Å²) in [4.78, 5) is 20.4. The molecule has 0 amide bonds. The second kappa shape index (κ2) is 3.73. The van der Waals surface area contributed by atoms with E-state index in [1.165, 1.54) is 0 Å². The molecule has 0 fully saturated rings. The molecule has 2 heterocycles. The van der Waals surface area contributed by atoms with Crippen LogP contribution < -0.4 is 5.56 Å². The Morgan fingerprint density at radius 2 is 2.13 bits per heavy atom. The van der Waals surface area contributed by atoms with E-state index in [2.05, 4.69) is 25.9 Å². The van der Waals surface area contributed by atoms with Crippen molar-refractivity contribution in [3.8, 4) is 0 Å². The van der Waals surface area contributed by atoms with Gasteiger partial charge in [-0.05, 0) is 41.9 Å². The van der Waals surface area contributed by atoms with Gasteiger partial charge in [0.2, 0.25) is 0 Å². The summed E-state index contributed by atoms with van der Waals surface area (Å²) in [6, 6.07) is 3.57. The molecular weight excluding hydrogens is 258 g/mol. The zero-order chi connectivity index (χ0) is 11.0. The van der Waals surface area contributed by atoms with E-state index in [9.17, 15) is 4.79 Å². The van der Waals surface area contributed by atoms with Crippen molar-refractivity contribution in [2.24, 2.45) is 0 Å². The number of aryl methyl sites for hydroxylation is 1. The highest BCUT2D eigenvalue weighted by molar-refractivity contribution is 9.10. The van der Waals surface area contributed by atoms with Gasteiger partial charge in [-0.15, -0.1) is 0 Å². The van der Waals surface area contributed by atoms with Gasteiger partial charge in [-0.3, -0.25) is 9.36 Å². The van der Waals surface area contributed by atoms with Gasteiger partial charge in [0.1, 0.15) is 10.4 Å². The van der Waals surface area contributed by atoms with Crippen LogP contribution >= 0.6 is 15.9 Å². The first-order chi connectivity index (χ1) is 7.13. The van der Waals surface area contributed by atoms with Gasteiger partial charge >= 0.3 is 0 Å². The molecule has 5 heteroatoms. The van der Waals surface area contributed by atoms with Gasteiger partial charge in [-0.2, -0.15) is 0 Å². The Morgan fingerprint density at radius 1 is 1.40 bits per heavy atom. The molecule has 15 heavy (non-hydrogen) atoms. The predicted molar refractivity (Wildman–Crippen MR) is 61.9 cm³/mol. The third-order valence-corrected chi connectivity index (χ3v) is 2.72. The second-order valence-electron chi connectivity index (χ2n) is 3.21. The highest BCUT2D eigenvalue weighted by Crippen LogP contribution is 2.11. The fourth-order valence-electron chi connectivity index (χ4n) is 1.56. The SMILES string of the molecule is CCn1c(C)nc2ccc(Br)nc2c1=O. The van der Waals surface area contributed by atoms with Crippen LogP contribution in [0.4, 0.5) is 0 Å². The van der Waals surface area contributed by atoms with Crippen molar-refractivity contribution in [2.75, 3.05) is 0 Å². The molecule has 0 saturated heterocycles. The zero-order valence-electron chi connectivity index (χ0n) is 8.49. The Morgan fingerprint density at radius 3 is 2.80 bits per heavy atom. The Hall–Kier alpha value is -1.23. The van der Waals surface area contributed by atoms with Gasteiger partial charge in [0, 0.05) is 6.54 Å². The lowest BCUT2D eigenvalue weighted by molar-refractivity contribution is 0.683. The summed E-state index contributed by atoms with van der Waals surface area (Å²) in [5.74, 6) is 0.721. The van der Waals surface area contributed by atoms with E-state index in [0.717, 1.165) is 5.82 Å². The van der Waals surface area contributed by atoms with Crippen LogP contribution in [0.3, 0.4) is 0 Å². The fourth-order valence-corrected chi connectivity index (χ4v) is 1.87. The first-order valence-corrected chi connectivity index (χ1v) is 5.46. The maximum Gasteiger partial charge on any atom is 0.280 e. The monoisotopic (exact) mass is 267 g/mol. The maximum absolute atomic E-state index is 12.0. The Bertz CT molecular complexity index is 577. The second-order valence-corrected chi connectivity index (χ2v) is 4.02. The Kier molecular flexibility index (Phi) is 2.56. The van der Waals surface area contributed by atoms with Gasteiger partial charge in [0.25, 0.3) is 5.56 Å². The van der Waals surface area contributed by atoms with E-state index in [0.29, 0.717) is 22.2 Å². The molecule has 0 N–H and O–H groups in total. The van der Waals surface area contributed by atoms with Crippen LogP contribution in [0.5, 0.6) is 0 Å². The van der Waals surface area contributed by atoms with Crippen molar-refractivity contribution in [1.82, 2.24) is 14.5 Å². The molecule has 78 valence electrons. The summed E-state index contributed by atoms with van der Waals surface area (Å²) in [6.07, 6.45) is 0. The van der Waals surface area contributed by atoms with E-state index in [-0.39, 0.29) is 5.56 Å². The quantitative estimate of drug-likeness (QED) is 0.742. The number of pyridine rings is 1. The molecule has 0 bridgehead atoms. The van der Waals surface area contributed by atoms with Crippen LogP contribution in [-0.4, -0.2) is 14.5 Å². The van der Waals surface area contributed by atoms with Crippen LogP contribution in [0, 0.1) is 6.92 Å². The molecule has 2 rings (SSSR count). The highest BCUT2D eigenvalue weighted by Gasteiger charge is 2.07. The van der Waals surface area contributed by atoms with E-state index in [4.69, 9.17) is 0 Å². The fraction of sp³-hybridized carbons (Fsp3) is 0.300. The smallest absolute Gasteiger partial charge is 0.280 e. The third-order valence-electron chi connectivity index (χ3n) is 2.28. The summed E-state index contributed by atoms with van der Waals surface area (Å²) in [5.41, 5.74) is 0.975. The summed E-state index contributed by atoms with van der Waals surface area (Å²) < 4.78 is 2.27. The molecule has 2 aromatic rings. The Labute approximate surface area is 95.1 Å². The van der Waals surface area contributed by atoms with Crippen molar-refractivity contribution in [1.29, 1.82) is 0 Å². The van der Waals surface area contributed by atoms with E-state index >= 15 is 0 Å². The molecule has 0 unspecified atom stereocenters. The molecule has 0 aliphatic rings. The van der Waals surface area contributed by atoms with E-state index in [1.807, 2.05) is 13.8 Å². The molecule has 0 aliphatic heterocycles. The van der Waals surface area contributed by atoms with Crippen molar-refractivity contribution < 1.29 is 0 Å². The number of aromatic nitrogens is 3. The number of nitrogens with zero attached hydrogens (tertiary/aromatic N) is 3. The number of hydrogen-bond donors (Lipinski definition) is 0. The lowest BCUT2D eigenvalue weighted by Gasteiger charge is -2.07. The molecule has 0 aromatic carbocycles. The summed E-state index contributed by atoms with van der Waals surface area (Å²) in [6.45, 7) is 4.36. The molecule has 4 nitrogen and oxygen atoms in total. The first-order valence-electron chi connectivity index (χ1n) is 4.67. The van der Waals surface area contributed by atoms with Crippen molar-refractivity contribution >= 4 is 27.0 Å². The van der Waals surface area contributed by atoms with Gasteiger partial charge in [-0.1, -0.05) is 0 Å². The number of rotatable bonds is 1. The van der Waals surface area contributed by atoms with Crippen LogP contribution in [0.1, 0.15) is 12.7 Å². The third kappa shape index (κ3) is 1.67. The minimum atomic E-state index is -0.0821. The largest absolute Gasteiger partial charge is 0.295 e. The van der Waals surface area contributed by atoms with Gasteiger partial charge < -0.3 is 0 Å². The average Bonchev–Trinajstić information content (AvgIpc) is 2.20. The standard InChI is InChI=1S/C10H10BrN3O/c1-3-14-6(2)12-7-4-5-8(11)13-9(7)10(14)15/h4-5H,3H2,1-2H3. The van der Waals surface area contributed by atoms with Crippen molar-refractivity contribution in [3.05, 3.63) is 32.9 Å². The maximum atomic E-state index is 12.0. The highest BCUT2D eigenvalue weighted by atomic mass is 79.9. The minimum absolute atomic E-state index is 0.0821. The Balaban J connectivity index is 2.92. The van der Waals surface area contributed by atoms with Gasteiger partial charge in [0.15, 0.2) is 5.52 Å². The molecule has 0 spiro atoms. The predicted octanol–water partition coefficient (Wildman–Crippen LogP) is 1.88. The molecule has 2 aromatic heterocycles. The average molecular weight is 268 g/mol. The van der Waals surface area contributed by atoms with E-state index in [1.54, 1.807) is 16.7 Å². The summed E-state index contributed by atoms with van der Waals surface area (Å²) in [7, 11) is 0. The lowest BCUT2D eigenvalue weighted by Crippen LogP contribution is -2.23. The molecule has 0 aliphatic carbocycles. The topological polar surface area (TPSA) is 47.8 Å². The van der Waals surface area contributed by atoms with Crippen LogP contribution in [0.15, 0.2) is 21.5 Å². The lowest BCUT2D eigenvalue weighted by atomic mass is 10.3. The number of hydrogen-bond acceptors (Lipinski definition) is 3. The van der Waals surface area contributed by atoms with Crippen LogP contribution in [-0.2, 0) is 6.54 Å². The normalized spacial score (nSPS) is 10.9. The molecular formula is C10H10BrN3O. The number of fused-ring (bicyclic) bond motifs is 1. The first kappa shape index (κ1) is 10.3. The van der Waals surface area contributed by atoms with Crippen molar-refractivity contribution in [3.63, 3.8) is 0 Å². The van der Waals surface area contributed by atoms with Gasteiger partial charge in [0.05, 0.1) is 5.52 Å². The number of halogens is 1. The van der Waals surface area contributed by atoms with Crippen molar-refractivity contribution in [2.45, 2.75) is 20.4 Å². The summed E-state index contributed by atoms with van der Waals surface area (Å²) in [5, 5.41) is 0. The summed E-state index contributed by atoms with van der Waals surface area (Å²) >= 11 is 3.24. The zero-order valence-corrected chi connectivity index (χ0v) is 10.1. The van der Waals surface area contributed by atoms with Crippen LogP contribution in [0.25, 0.3) is 11.0 Å². The molecule has 0 radical (unpaired) electrons. The van der Waals surface area contributed by atoms with Crippen LogP contribution in [0.2, 0.25) is 0 Å². The molecule has 0 atom stereocenters. The van der Waals surface area contributed by atoms with Gasteiger partial charge in [-0.25, -0.2) is 9.97 Å².